The van der Waals surface area contributed by atoms with Gasteiger partial charge in [-0.2, -0.15) is 0 Å². The number of likely N-dealkylation sites (tertiary alicyclic amines) is 1. The summed E-state index contributed by atoms with van der Waals surface area (Å²) < 4.78 is 0. The van der Waals surface area contributed by atoms with Gasteiger partial charge in [0.05, 0.1) is 16.1 Å². The predicted octanol–water partition coefficient (Wildman–Crippen LogP) is 5.29. The van der Waals surface area contributed by atoms with Gasteiger partial charge in [-0.05, 0) is 42.2 Å². The minimum absolute atomic E-state index is 0.280. The van der Waals surface area contributed by atoms with Crippen LogP contribution < -0.4 is 0 Å². The third-order valence-corrected chi connectivity index (χ3v) is 5.45. The number of rotatable bonds is 4. The summed E-state index contributed by atoms with van der Waals surface area (Å²) in [6, 6.07) is 12.1. The Morgan fingerprint density at radius 1 is 1.08 bits per heavy atom. The highest BCUT2D eigenvalue weighted by Crippen LogP contribution is 2.39. The smallest absolute Gasteiger partial charge is 0.320 e. The standard InChI is InChI=1S/C18H16Cl3NO2/c19-13-5-2-1-4-12(13)17(11-7-8-14(20)15(21)10-11)22-9-3-6-16(22)18(23)24/h1-2,4-5,7-8,10,16-17H,3,6,9H2,(H,23,24). The van der Waals surface area contributed by atoms with Crippen LogP contribution >= 0.6 is 34.8 Å². The molecule has 1 aliphatic rings. The summed E-state index contributed by atoms with van der Waals surface area (Å²) in [6.07, 6.45) is 1.46. The molecule has 0 aromatic heterocycles. The zero-order valence-corrected chi connectivity index (χ0v) is 15.0. The van der Waals surface area contributed by atoms with Gasteiger partial charge in [-0.15, -0.1) is 0 Å². The first-order chi connectivity index (χ1) is 11.5. The van der Waals surface area contributed by atoms with Crippen LogP contribution in [-0.2, 0) is 4.79 Å². The van der Waals surface area contributed by atoms with E-state index in [0.29, 0.717) is 28.0 Å². The van der Waals surface area contributed by atoms with Gasteiger partial charge in [-0.25, -0.2) is 0 Å². The number of hydrogen-bond donors (Lipinski definition) is 1. The Morgan fingerprint density at radius 2 is 1.83 bits per heavy atom. The monoisotopic (exact) mass is 383 g/mol. The fourth-order valence-corrected chi connectivity index (χ4v) is 3.84. The fraction of sp³-hybridized carbons (Fsp3) is 0.278. The van der Waals surface area contributed by atoms with E-state index < -0.39 is 12.0 Å². The highest BCUT2D eigenvalue weighted by atomic mass is 35.5. The van der Waals surface area contributed by atoms with E-state index in [0.717, 1.165) is 17.5 Å². The number of hydrogen-bond acceptors (Lipinski definition) is 2. The highest BCUT2D eigenvalue weighted by molar-refractivity contribution is 6.42. The van der Waals surface area contributed by atoms with E-state index in [4.69, 9.17) is 34.8 Å². The molecule has 0 spiro atoms. The van der Waals surface area contributed by atoms with Crippen LogP contribution in [0.1, 0.15) is 30.0 Å². The number of carboxylic acid groups (broad SMARTS) is 1. The molecule has 1 fully saturated rings. The molecule has 1 heterocycles. The lowest BCUT2D eigenvalue weighted by Crippen LogP contribution is -2.39. The third kappa shape index (κ3) is 3.40. The molecule has 24 heavy (non-hydrogen) atoms. The third-order valence-electron chi connectivity index (χ3n) is 4.37. The van der Waals surface area contributed by atoms with Gasteiger partial charge >= 0.3 is 5.97 Å². The van der Waals surface area contributed by atoms with E-state index >= 15 is 0 Å². The maximum Gasteiger partial charge on any atom is 0.320 e. The van der Waals surface area contributed by atoms with Crippen LogP contribution in [0.25, 0.3) is 0 Å². The summed E-state index contributed by atoms with van der Waals surface area (Å²) in [5, 5.41) is 11.1. The van der Waals surface area contributed by atoms with Crippen molar-refractivity contribution in [2.75, 3.05) is 6.54 Å². The molecule has 0 bridgehead atoms. The second-order valence-corrected chi connectivity index (χ2v) is 7.05. The molecule has 1 N–H and O–H groups in total. The van der Waals surface area contributed by atoms with E-state index in [-0.39, 0.29) is 6.04 Å². The molecular weight excluding hydrogens is 369 g/mol. The van der Waals surface area contributed by atoms with Crippen molar-refractivity contribution in [3.8, 4) is 0 Å². The lowest BCUT2D eigenvalue weighted by molar-refractivity contribution is -0.142. The van der Waals surface area contributed by atoms with Crippen molar-refractivity contribution in [1.29, 1.82) is 0 Å². The minimum Gasteiger partial charge on any atom is -0.480 e. The summed E-state index contributed by atoms with van der Waals surface area (Å²) in [6.45, 7) is 0.688. The molecule has 1 saturated heterocycles. The SMILES string of the molecule is O=C(O)C1CCCN1C(c1ccc(Cl)c(Cl)c1)c1ccccc1Cl. The highest BCUT2D eigenvalue weighted by Gasteiger charge is 2.37. The van der Waals surface area contributed by atoms with E-state index in [2.05, 4.69) is 0 Å². The van der Waals surface area contributed by atoms with Crippen LogP contribution in [0.5, 0.6) is 0 Å². The second-order valence-electron chi connectivity index (χ2n) is 5.83. The Bertz CT molecular complexity index is 766. The van der Waals surface area contributed by atoms with Gasteiger partial charge in [0.15, 0.2) is 0 Å². The Morgan fingerprint density at radius 3 is 2.50 bits per heavy atom. The molecule has 0 amide bonds. The lowest BCUT2D eigenvalue weighted by Gasteiger charge is -2.32. The van der Waals surface area contributed by atoms with Crippen LogP contribution in [-0.4, -0.2) is 28.6 Å². The quantitative estimate of drug-likeness (QED) is 0.779. The summed E-state index contributed by atoms with van der Waals surface area (Å²) in [4.78, 5) is 13.6. The summed E-state index contributed by atoms with van der Waals surface area (Å²) in [5.74, 6) is -0.815. The molecule has 3 nitrogen and oxygen atoms in total. The molecule has 6 heteroatoms. The summed E-state index contributed by atoms with van der Waals surface area (Å²) >= 11 is 18.6. The van der Waals surface area contributed by atoms with Crippen molar-refractivity contribution in [1.82, 2.24) is 4.90 Å². The number of nitrogens with zero attached hydrogens (tertiary/aromatic N) is 1. The molecule has 1 aliphatic heterocycles. The topological polar surface area (TPSA) is 40.5 Å². The summed E-state index contributed by atoms with van der Waals surface area (Å²) in [5.41, 5.74) is 1.75. The minimum atomic E-state index is -0.815. The molecule has 2 atom stereocenters. The van der Waals surface area contributed by atoms with Crippen molar-refractivity contribution in [3.63, 3.8) is 0 Å². The van der Waals surface area contributed by atoms with E-state index in [1.807, 2.05) is 35.2 Å². The molecule has 2 unspecified atom stereocenters. The van der Waals surface area contributed by atoms with Gasteiger partial charge in [0.25, 0.3) is 0 Å². The summed E-state index contributed by atoms with van der Waals surface area (Å²) in [7, 11) is 0. The van der Waals surface area contributed by atoms with Crippen molar-refractivity contribution < 1.29 is 9.90 Å². The zero-order chi connectivity index (χ0) is 17.3. The van der Waals surface area contributed by atoms with E-state index in [9.17, 15) is 9.90 Å². The van der Waals surface area contributed by atoms with Gasteiger partial charge < -0.3 is 5.11 Å². The molecule has 0 aliphatic carbocycles. The number of aliphatic carboxylic acids is 1. The van der Waals surface area contributed by atoms with Crippen LogP contribution in [0.15, 0.2) is 42.5 Å². The zero-order valence-electron chi connectivity index (χ0n) is 12.8. The predicted molar refractivity (Wildman–Crippen MR) is 97.1 cm³/mol. The van der Waals surface area contributed by atoms with Gasteiger partial charge in [-0.1, -0.05) is 59.1 Å². The Kier molecular flexibility index (Phi) is 5.36. The molecule has 0 radical (unpaired) electrons. The molecule has 126 valence electrons. The lowest BCUT2D eigenvalue weighted by atomic mass is 9.96. The van der Waals surface area contributed by atoms with Gasteiger partial charge in [0.2, 0.25) is 0 Å². The fourth-order valence-electron chi connectivity index (χ4n) is 3.29. The van der Waals surface area contributed by atoms with Crippen molar-refractivity contribution in [3.05, 3.63) is 68.7 Å². The van der Waals surface area contributed by atoms with Crippen LogP contribution in [0.2, 0.25) is 15.1 Å². The number of carboxylic acids is 1. The average molecular weight is 385 g/mol. The largest absolute Gasteiger partial charge is 0.480 e. The average Bonchev–Trinajstić information content (AvgIpc) is 3.02. The number of benzene rings is 2. The second kappa shape index (κ2) is 7.32. The maximum atomic E-state index is 11.7. The first-order valence-corrected chi connectivity index (χ1v) is 8.80. The maximum absolute atomic E-state index is 11.7. The molecule has 2 aromatic rings. The van der Waals surface area contributed by atoms with Gasteiger partial charge in [0.1, 0.15) is 6.04 Å². The number of halogens is 3. The van der Waals surface area contributed by atoms with Crippen molar-refractivity contribution in [2.45, 2.75) is 24.9 Å². The first kappa shape index (κ1) is 17.6. The van der Waals surface area contributed by atoms with Crippen molar-refractivity contribution in [2.24, 2.45) is 0 Å². The van der Waals surface area contributed by atoms with Crippen LogP contribution in [0, 0.1) is 0 Å². The number of carbonyl (C=O) groups is 1. The Hall–Kier alpha value is -1.26. The molecule has 0 saturated carbocycles. The van der Waals surface area contributed by atoms with Gasteiger partial charge in [0, 0.05) is 11.6 Å². The van der Waals surface area contributed by atoms with Crippen molar-refractivity contribution >= 4 is 40.8 Å². The molecule has 2 aromatic carbocycles. The van der Waals surface area contributed by atoms with Gasteiger partial charge in [-0.3, -0.25) is 9.69 Å². The van der Waals surface area contributed by atoms with Crippen LogP contribution in [0.4, 0.5) is 0 Å². The Balaban J connectivity index is 2.12. The van der Waals surface area contributed by atoms with E-state index in [1.165, 1.54) is 0 Å². The first-order valence-electron chi connectivity index (χ1n) is 7.67. The molecule has 3 rings (SSSR count). The van der Waals surface area contributed by atoms with Crippen LogP contribution in [0.3, 0.4) is 0 Å². The normalized spacial score (nSPS) is 19.4. The van der Waals surface area contributed by atoms with E-state index in [1.54, 1.807) is 12.1 Å². The Labute approximate surface area is 155 Å². The molecular formula is C18H16Cl3NO2.